The fourth-order valence-corrected chi connectivity index (χ4v) is 1.57. The van der Waals surface area contributed by atoms with Gasteiger partial charge in [0.1, 0.15) is 5.54 Å². The molecule has 16 heavy (non-hydrogen) atoms. The molecule has 0 aromatic heterocycles. The first-order chi connectivity index (χ1) is 7.52. The predicted octanol–water partition coefficient (Wildman–Crippen LogP) is -1.65. The molecule has 1 amide bonds. The quantitative estimate of drug-likeness (QED) is 0.455. The monoisotopic (exact) mass is 232 g/mol. The van der Waals surface area contributed by atoms with Gasteiger partial charge in [0.05, 0.1) is 25.4 Å². The molecular formula is C10H20N2O4. The summed E-state index contributed by atoms with van der Waals surface area (Å²) in [5.41, 5.74) is 3.84. The minimum absolute atomic E-state index is 0.176. The molecule has 5 N–H and O–H groups in total. The molecule has 6 heteroatoms. The van der Waals surface area contributed by atoms with Gasteiger partial charge in [0.25, 0.3) is 0 Å². The number of rotatable bonds is 5. The number of nitrogens with one attached hydrogen (secondary N) is 1. The third-order valence-corrected chi connectivity index (χ3v) is 3.17. The fourth-order valence-electron chi connectivity index (χ4n) is 1.57. The molecule has 6 nitrogen and oxygen atoms in total. The summed E-state index contributed by atoms with van der Waals surface area (Å²) in [6, 6.07) is 0. The van der Waals surface area contributed by atoms with Gasteiger partial charge in [-0.1, -0.05) is 6.92 Å². The summed E-state index contributed by atoms with van der Waals surface area (Å²) in [5, 5.41) is 21.0. The van der Waals surface area contributed by atoms with E-state index in [2.05, 4.69) is 5.32 Å². The zero-order valence-electron chi connectivity index (χ0n) is 9.53. The Morgan fingerprint density at radius 1 is 1.56 bits per heavy atom. The van der Waals surface area contributed by atoms with E-state index in [1.165, 1.54) is 0 Å². The lowest BCUT2D eigenvalue weighted by molar-refractivity contribution is -0.129. The van der Waals surface area contributed by atoms with Crippen molar-refractivity contribution in [3.8, 4) is 0 Å². The lowest BCUT2D eigenvalue weighted by Gasteiger charge is -2.33. The summed E-state index contributed by atoms with van der Waals surface area (Å²) < 4.78 is 5.09. The summed E-state index contributed by atoms with van der Waals surface area (Å²) in [5.74, 6) is -0.380. The van der Waals surface area contributed by atoms with E-state index < -0.39 is 11.1 Å². The number of nitrogens with two attached hydrogens (primary N) is 1. The van der Waals surface area contributed by atoms with Gasteiger partial charge in [0.15, 0.2) is 0 Å². The van der Waals surface area contributed by atoms with E-state index in [0.29, 0.717) is 19.4 Å². The normalized spacial score (nSPS) is 25.8. The van der Waals surface area contributed by atoms with Crippen molar-refractivity contribution in [2.24, 2.45) is 5.73 Å². The van der Waals surface area contributed by atoms with E-state index in [-0.39, 0.29) is 25.7 Å². The Labute approximate surface area is 94.8 Å². The van der Waals surface area contributed by atoms with Crippen LogP contribution in [0.3, 0.4) is 0 Å². The molecule has 0 radical (unpaired) electrons. The first kappa shape index (κ1) is 13.4. The number of ether oxygens (including phenoxy) is 1. The summed E-state index contributed by atoms with van der Waals surface area (Å²) in [4.78, 5) is 11.9. The molecule has 1 atom stereocenters. The molecule has 0 bridgehead atoms. The zero-order valence-corrected chi connectivity index (χ0v) is 9.53. The van der Waals surface area contributed by atoms with E-state index in [0.717, 1.165) is 0 Å². The molecular weight excluding hydrogens is 212 g/mol. The summed E-state index contributed by atoms with van der Waals surface area (Å²) in [6.07, 6.45) is 0.887. The van der Waals surface area contributed by atoms with Crippen molar-refractivity contribution < 1.29 is 19.7 Å². The largest absolute Gasteiger partial charge is 0.394 e. The smallest absolute Gasteiger partial charge is 0.243 e. The van der Waals surface area contributed by atoms with Gasteiger partial charge in [-0.3, -0.25) is 4.79 Å². The van der Waals surface area contributed by atoms with Crippen molar-refractivity contribution in [1.82, 2.24) is 5.32 Å². The van der Waals surface area contributed by atoms with Crippen LogP contribution in [0, 0.1) is 0 Å². The van der Waals surface area contributed by atoms with Crippen molar-refractivity contribution >= 4 is 5.91 Å². The third kappa shape index (κ3) is 2.52. The van der Waals surface area contributed by atoms with Gasteiger partial charge in [-0.25, -0.2) is 0 Å². The Morgan fingerprint density at radius 2 is 2.19 bits per heavy atom. The molecule has 1 fully saturated rings. The fraction of sp³-hybridized carbons (Fsp3) is 0.900. The van der Waals surface area contributed by atoms with Crippen LogP contribution in [0.2, 0.25) is 0 Å². The van der Waals surface area contributed by atoms with Gasteiger partial charge in [-0.2, -0.15) is 0 Å². The van der Waals surface area contributed by atoms with Crippen LogP contribution in [0.25, 0.3) is 0 Å². The third-order valence-electron chi connectivity index (χ3n) is 3.17. The molecule has 1 aliphatic rings. The highest BCUT2D eigenvalue weighted by molar-refractivity contribution is 5.87. The number of aliphatic hydroxyl groups excluding tert-OH is 2. The maximum absolute atomic E-state index is 11.9. The minimum Gasteiger partial charge on any atom is -0.394 e. The highest BCUT2D eigenvalue weighted by Crippen LogP contribution is 2.18. The van der Waals surface area contributed by atoms with Gasteiger partial charge in [-0.15, -0.1) is 0 Å². The standard InChI is InChI=1S/C10H20N2O4/c1-2-9(5-13,6-14)12-8(15)10(11)3-4-16-7-10/h13-14H,2-7,11H2,1H3,(H,12,15). The number of amides is 1. The second-order valence-electron chi connectivity index (χ2n) is 4.36. The van der Waals surface area contributed by atoms with Gasteiger partial charge < -0.3 is 26.0 Å². The van der Waals surface area contributed by atoms with Gasteiger partial charge in [0.2, 0.25) is 5.91 Å². The van der Waals surface area contributed by atoms with Crippen molar-refractivity contribution in [2.75, 3.05) is 26.4 Å². The van der Waals surface area contributed by atoms with Crippen molar-refractivity contribution in [2.45, 2.75) is 30.8 Å². The molecule has 1 unspecified atom stereocenters. The summed E-state index contributed by atoms with van der Waals surface area (Å²) >= 11 is 0. The predicted molar refractivity (Wildman–Crippen MR) is 57.7 cm³/mol. The van der Waals surface area contributed by atoms with Crippen molar-refractivity contribution in [3.63, 3.8) is 0 Å². The Balaban J connectivity index is 2.68. The minimum atomic E-state index is -1.04. The topological polar surface area (TPSA) is 105 Å². The molecule has 0 spiro atoms. The molecule has 1 rings (SSSR count). The molecule has 0 aliphatic carbocycles. The highest BCUT2D eigenvalue weighted by Gasteiger charge is 2.41. The summed E-state index contributed by atoms with van der Waals surface area (Å²) in [7, 11) is 0. The van der Waals surface area contributed by atoms with Crippen LogP contribution in [0.15, 0.2) is 0 Å². The molecule has 94 valence electrons. The van der Waals surface area contributed by atoms with Gasteiger partial charge in [0, 0.05) is 6.61 Å². The molecule has 1 aliphatic heterocycles. The number of hydrogen-bond acceptors (Lipinski definition) is 5. The number of carbonyl (C=O) groups is 1. The van der Waals surface area contributed by atoms with Crippen LogP contribution in [-0.4, -0.2) is 53.6 Å². The van der Waals surface area contributed by atoms with Crippen LogP contribution in [-0.2, 0) is 9.53 Å². The molecule has 0 aromatic rings. The van der Waals surface area contributed by atoms with Crippen molar-refractivity contribution in [1.29, 1.82) is 0 Å². The molecule has 0 saturated carbocycles. The summed E-state index contributed by atoms with van der Waals surface area (Å²) in [6.45, 7) is 1.78. The first-order valence-electron chi connectivity index (χ1n) is 5.43. The average molecular weight is 232 g/mol. The Kier molecular flexibility index (Phi) is 4.26. The lowest BCUT2D eigenvalue weighted by atomic mass is 9.93. The Morgan fingerprint density at radius 3 is 2.56 bits per heavy atom. The SMILES string of the molecule is CCC(CO)(CO)NC(=O)C1(N)CCOC1. The maximum Gasteiger partial charge on any atom is 0.243 e. The average Bonchev–Trinajstić information content (AvgIpc) is 2.74. The number of aliphatic hydroxyl groups is 2. The second-order valence-corrected chi connectivity index (χ2v) is 4.36. The van der Waals surface area contributed by atoms with Crippen LogP contribution >= 0.6 is 0 Å². The van der Waals surface area contributed by atoms with E-state index in [4.69, 9.17) is 10.5 Å². The van der Waals surface area contributed by atoms with E-state index >= 15 is 0 Å². The Hall–Kier alpha value is -0.690. The van der Waals surface area contributed by atoms with E-state index in [1.807, 2.05) is 0 Å². The Bertz CT molecular complexity index is 239. The van der Waals surface area contributed by atoms with Crippen molar-refractivity contribution in [3.05, 3.63) is 0 Å². The number of carbonyl (C=O) groups excluding carboxylic acids is 1. The molecule has 1 heterocycles. The van der Waals surface area contributed by atoms with Crippen LogP contribution in [0.1, 0.15) is 19.8 Å². The number of hydrogen-bond donors (Lipinski definition) is 4. The lowest BCUT2D eigenvalue weighted by Crippen LogP contribution is -2.63. The molecule has 0 aromatic carbocycles. The van der Waals surface area contributed by atoms with Crippen LogP contribution in [0.5, 0.6) is 0 Å². The molecule has 1 saturated heterocycles. The van der Waals surface area contributed by atoms with Crippen LogP contribution < -0.4 is 11.1 Å². The van der Waals surface area contributed by atoms with E-state index in [1.54, 1.807) is 6.92 Å². The highest BCUT2D eigenvalue weighted by atomic mass is 16.5. The van der Waals surface area contributed by atoms with Gasteiger partial charge in [-0.05, 0) is 12.8 Å². The van der Waals surface area contributed by atoms with Crippen LogP contribution in [0.4, 0.5) is 0 Å². The second kappa shape index (κ2) is 5.09. The van der Waals surface area contributed by atoms with E-state index in [9.17, 15) is 15.0 Å². The zero-order chi connectivity index (χ0) is 12.2. The maximum atomic E-state index is 11.9. The van der Waals surface area contributed by atoms with Gasteiger partial charge >= 0.3 is 0 Å². The first-order valence-corrected chi connectivity index (χ1v) is 5.43.